The van der Waals surface area contributed by atoms with Gasteiger partial charge in [0, 0.05) is 18.3 Å². The molecule has 2 rings (SSSR count). The summed E-state index contributed by atoms with van der Waals surface area (Å²) in [5.41, 5.74) is 1.95. The first kappa shape index (κ1) is 14.6. The Morgan fingerprint density at radius 3 is 2.55 bits per heavy atom. The van der Waals surface area contributed by atoms with E-state index in [2.05, 4.69) is 10.3 Å². The van der Waals surface area contributed by atoms with Crippen LogP contribution >= 0.6 is 0 Å². The molecule has 4 heteroatoms. The number of hydrogen-bond acceptors (Lipinski definition) is 2. The molecule has 0 aliphatic carbocycles. The summed E-state index contributed by atoms with van der Waals surface area (Å²) in [6, 6.07) is 11.7. The van der Waals surface area contributed by atoms with Crippen molar-refractivity contribution in [1.29, 1.82) is 0 Å². The van der Waals surface area contributed by atoms with Crippen molar-refractivity contribution in [2.45, 2.75) is 25.8 Å². The van der Waals surface area contributed by atoms with E-state index in [1.165, 1.54) is 12.1 Å². The molecule has 0 atom stereocenters. The van der Waals surface area contributed by atoms with Crippen LogP contribution in [0.3, 0.4) is 0 Å². The summed E-state index contributed by atoms with van der Waals surface area (Å²) in [5.74, 6) is -2.87. The molecule has 0 saturated heterocycles. The van der Waals surface area contributed by atoms with E-state index < -0.39 is 12.5 Å². The van der Waals surface area contributed by atoms with E-state index in [1.54, 1.807) is 24.4 Å². The number of halogens is 2. The Bertz CT molecular complexity index is 541. The van der Waals surface area contributed by atoms with Crippen LogP contribution in [-0.2, 0) is 18.9 Å². The van der Waals surface area contributed by atoms with E-state index in [0.29, 0.717) is 6.54 Å². The maximum absolute atomic E-state index is 14.0. The second-order valence-corrected chi connectivity index (χ2v) is 4.64. The highest BCUT2D eigenvalue weighted by Crippen LogP contribution is 2.26. The van der Waals surface area contributed by atoms with Crippen molar-refractivity contribution in [3.63, 3.8) is 0 Å². The lowest BCUT2D eigenvalue weighted by Gasteiger charge is -2.17. The van der Waals surface area contributed by atoms with Gasteiger partial charge in [-0.1, -0.05) is 43.3 Å². The minimum absolute atomic E-state index is 0.0317. The number of benzene rings is 1. The van der Waals surface area contributed by atoms with Gasteiger partial charge in [0.2, 0.25) is 0 Å². The third-order valence-electron chi connectivity index (χ3n) is 3.20. The van der Waals surface area contributed by atoms with Crippen LogP contribution in [0.1, 0.15) is 23.7 Å². The predicted molar refractivity (Wildman–Crippen MR) is 75.7 cm³/mol. The minimum Gasteiger partial charge on any atom is -0.305 e. The molecule has 0 amide bonds. The van der Waals surface area contributed by atoms with E-state index in [9.17, 15) is 8.78 Å². The lowest BCUT2D eigenvalue weighted by molar-refractivity contribution is -0.00351. The number of nitrogens with one attached hydrogen (secondary N) is 1. The van der Waals surface area contributed by atoms with Gasteiger partial charge in [0.25, 0.3) is 5.92 Å². The molecule has 0 spiro atoms. The largest absolute Gasteiger partial charge is 0.305 e. The molecule has 0 aliphatic heterocycles. The third-order valence-corrected chi connectivity index (χ3v) is 3.20. The fraction of sp³-hybridized carbons (Fsp3) is 0.312. The molecular formula is C16H18F2N2. The molecule has 20 heavy (non-hydrogen) atoms. The molecule has 106 valence electrons. The van der Waals surface area contributed by atoms with E-state index in [4.69, 9.17) is 0 Å². The van der Waals surface area contributed by atoms with Crippen LogP contribution in [0.5, 0.6) is 0 Å². The van der Waals surface area contributed by atoms with Gasteiger partial charge < -0.3 is 5.32 Å². The lowest BCUT2D eigenvalue weighted by atomic mass is 10.1. The molecule has 2 nitrogen and oxygen atoms in total. The van der Waals surface area contributed by atoms with Gasteiger partial charge in [0.05, 0.1) is 12.2 Å². The van der Waals surface area contributed by atoms with Crippen molar-refractivity contribution < 1.29 is 8.78 Å². The Hall–Kier alpha value is -1.81. The van der Waals surface area contributed by atoms with Crippen molar-refractivity contribution in [3.05, 3.63) is 65.5 Å². The number of hydrogen-bond donors (Lipinski definition) is 1. The zero-order valence-electron chi connectivity index (χ0n) is 11.4. The fourth-order valence-electron chi connectivity index (χ4n) is 2.07. The summed E-state index contributed by atoms with van der Waals surface area (Å²) >= 11 is 0. The number of alkyl halides is 2. The molecule has 1 N–H and O–H groups in total. The topological polar surface area (TPSA) is 24.9 Å². The summed E-state index contributed by atoms with van der Waals surface area (Å²) in [6.45, 7) is 1.99. The van der Waals surface area contributed by atoms with Crippen LogP contribution in [0.25, 0.3) is 0 Å². The molecule has 1 aromatic carbocycles. The summed E-state index contributed by atoms with van der Waals surface area (Å²) in [4.78, 5) is 4.23. The zero-order chi connectivity index (χ0) is 14.4. The lowest BCUT2D eigenvalue weighted by Crippen LogP contribution is -2.30. The van der Waals surface area contributed by atoms with Crippen molar-refractivity contribution in [2.75, 3.05) is 6.54 Å². The quantitative estimate of drug-likeness (QED) is 0.873. The number of aryl methyl sites for hydroxylation is 1. The van der Waals surface area contributed by atoms with Crippen LogP contribution < -0.4 is 5.32 Å². The van der Waals surface area contributed by atoms with Crippen LogP contribution in [-0.4, -0.2) is 11.5 Å². The average Bonchev–Trinajstić information content (AvgIpc) is 2.48. The first-order valence-electron chi connectivity index (χ1n) is 6.70. The Kier molecular flexibility index (Phi) is 4.79. The van der Waals surface area contributed by atoms with E-state index >= 15 is 0 Å². The second-order valence-electron chi connectivity index (χ2n) is 4.64. The van der Waals surface area contributed by atoms with Crippen molar-refractivity contribution >= 4 is 0 Å². The van der Waals surface area contributed by atoms with Gasteiger partial charge in [-0.25, -0.2) is 0 Å². The Morgan fingerprint density at radius 2 is 1.85 bits per heavy atom. The smallest absolute Gasteiger partial charge is 0.285 e. The third kappa shape index (κ3) is 3.61. The minimum atomic E-state index is -2.87. The van der Waals surface area contributed by atoms with Gasteiger partial charge in [-0.15, -0.1) is 0 Å². The average molecular weight is 276 g/mol. The van der Waals surface area contributed by atoms with E-state index in [0.717, 1.165) is 17.7 Å². The fourth-order valence-corrected chi connectivity index (χ4v) is 2.07. The Balaban J connectivity index is 1.96. The molecule has 1 heterocycles. The normalized spacial score (nSPS) is 11.6. The number of rotatable bonds is 6. The van der Waals surface area contributed by atoms with Gasteiger partial charge in [0.1, 0.15) is 0 Å². The summed E-state index contributed by atoms with van der Waals surface area (Å²) < 4.78 is 27.9. The Morgan fingerprint density at radius 1 is 1.10 bits per heavy atom. The van der Waals surface area contributed by atoms with Crippen molar-refractivity contribution in [1.82, 2.24) is 10.3 Å². The molecular weight excluding hydrogens is 258 g/mol. The molecule has 0 bridgehead atoms. The van der Waals surface area contributed by atoms with Gasteiger partial charge in [-0.3, -0.25) is 4.98 Å². The van der Waals surface area contributed by atoms with Gasteiger partial charge in [-0.05, 0) is 18.1 Å². The molecule has 0 saturated carbocycles. The number of nitrogens with zero attached hydrogens (tertiary/aromatic N) is 1. The maximum atomic E-state index is 14.0. The van der Waals surface area contributed by atoms with Gasteiger partial charge in [-0.2, -0.15) is 8.78 Å². The summed E-state index contributed by atoms with van der Waals surface area (Å²) in [7, 11) is 0. The predicted octanol–water partition coefficient (Wildman–Crippen LogP) is 3.53. The van der Waals surface area contributed by atoms with Crippen molar-refractivity contribution in [2.24, 2.45) is 0 Å². The number of pyridine rings is 1. The molecule has 0 unspecified atom stereocenters. The highest BCUT2D eigenvalue weighted by molar-refractivity contribution is 5.21. The summed E-state index contributed by atoms with van der Waals surface area (Å²) in [6.07, 6.45) is 2.53. The zero-order valence-corrected chi connectivity index (χ0v) is 11.4. The molecule has 0 aliphatic rings. The SMILES string of the molecule is CCc1cccnc1CNCC(F)(F)c1ccccc1. The molecule has 2 aromatic rings. The number of aromatic nitrogens is 1. The monoisotopic (exact) mass is 276 g/mol. The van der Waals surface area contributed by atoms with Crippen molar-refractivity contribution in [3.8, 4) is 0 Å². The first-order valence-corrected chi connectivity index (χ1v) is 6.70. The van der Waals surface area contributed by atoms with Gasteiger partial charge in [0.15, 0.2) is 0 Å². The Labute approximate surface area is 117 Å². The molecule has 1 aromatic heterocycles. The van der Waals surface area contributed by atoms with Crippen LogP contribution in [0.2, 0.25) is 0 Å². The van der Waals surface area contributed by atoms with E-state index in [1.807, 2.05) is 19.1 Å². The van der Waals surface area contributed by atoms with Crippen LogP contribution in [0.4, 0.5) is 8.78 Å². The highest BCUT2D eigenvalue weighted by Gasteiger charge is 2.30. The summed E-state index contributed by atoms with van der Waals surface area (Å²) in [5, 5.41) is 2.80. The van der Waals surface area contributed by atoms with E-state index in [-0.39, 0.29) is 5.56 Å². The standard InChI is InChI=1S/C16H18F2N2/c1-2-13-7-6-10-20-15(13)11-19-12-16(17,18)14-8-4-3-5-9-14/h3-10,19H,2,11-12H2,1H3. The first-order chi connectivity index (χ1) is 9.63. The molecule has 0 fully saturated rings. The molecule has 0 radical (unpaired) electrons. The highest BCUT2D eigenvalue weighted by atomic mass is 19.3. The maximum Gasteiger partial charge on any atom is 0.285 e. The van der Waals surface area contributed by atoms with Crippen LogP contribution in [0.15, 0.2) is 48.7 Å². The van der Waals surface area contributed by atoms with Gasteiger partial charge >= 0.3 is 0 Å². The second kappa shape index (κ2) is 6.57. The van der Waals surface area contributed by atoms with Crippen LogP contribution in [0, 0.1) is 0 Å².